The molecule has 1 aliphatic heterocycles. The number of hydrogen-bond acceptors (Lipinski definition) is 6. The van der Waals surface area contributed by atoms with Crippen LogP contribution in [-0.4, -0.2) is 57.7 Å². The van der Waals surface area contributed by atoms with E-state index >= 15 is 0 Å². The Bertz CT molecular complexity index is 1300. The number of aliphatic hydroxyl groups is 1. The van der Waals surface area contributed by atoms with E-state index in [2.05, 4.69) is 21.8 Å². The van der Waals surface area contributed by atoms with E-state index in [0.29, 0.717) is 17.7 Å². The Hall–Kier alpha value is -3.83. The van der Waals surface area contributed by atoms with Crippen molar-refractivity contribution in [2.75, 3.05) is 20.2 Å². The molecule has 0 spiro atoms. The monoisotopic (exact) mass is 433 g/mol. The summed E-state index contributed by atoms with van der Waals surface area (Å²) in [7, 11) is 1.61. The Kier molecular flexibility index (Phi) is 5.59. The van der Waals surface area contributed by atoms with Crippen molar-refractivity contribution >= 4 is 22.8 Å². The number of nitrogens with zero attached hydrogens (tertiary/aromatic N) is 3. The first-order valence-corrected chi connectivity index (χ1v) is 10.1. The minimum absolute atomic E-state index is 0.00550. The summed E-state index contributed by atoms with van der Waals surface area (Å²) in [6, 6.07) is 11.1. The fourth-order valence-corrected chi connectivity index (χ4v) is 3.48. The van der Waals surface area contributed by atoms with Crippen LogP contribution >= 0.6 is 0 Å². The lowest BCUT2D eigenvalue weighted by molar-refractivity contribution is -0.137. The number of carbonyl (C=O) groups excluding carboxylic acids is 2. The third-order valence-electron chi connectivity index (χ3n) is 5.19. The number of amides is 1. The first kappa shape index (κ1) is 21.4. The molecule has 1 atom stereocenters. The highest BCUT2D eigenvalue weighted by Crippen LogP contribution is 2.25. The van der Waals surface area contributed by atoms with Crippen LogP contribution in [0.3, 0.4) is 0 Å². The molecule has 4 rings (SSSR count). The standard InChI is InChI=1S/C24H20FN3O4/c1-3-32-22(29)20-17-8-5-9-18(25)19(17)26-21(27-20)16-7-4-6-15(14-16)10-11-24(31)12-13-28(2)23(24)30/h4-9,14,31H,3,12-13H2,1-2H3. The van der Waals surface area contributed by atoms with Crippen LogP contribution in [0.2, 0.25) is 0 Å². The first-order chi connectivity index (χ1) is 15.3. The fourth-order valence-electron chi connectivity index (χ4n) is 3.48. The van der Waals surface area contributed by atoms with Gasteiger partial charge in [-0.1, -0.05) is 36.1 Å². The topological polar surface area (TPSA) is 92.6 Å². The van der Waals surface area contributed by atoms with E-state index in [1.165, 1.54) is 17.0 Å². The van der Waals surface area contributed by atoms with Crippen molar-refractivity contribution in [2.24, 2.45) is 0 Å². The largest absolute Gasteiger partial charge is 0.461 e. The van der Waals surface area contributed by atoms with Crippen molar-refractivity contribution < 1.29 is 23.8 Å². The van der Waals surface area contributed by atoms with Gasteiger partial charge < -0.3 is 14.7 Å². The van der Waals surface area contributed by atoms with Crippen molar-refractivity contribution in [3.63, 3.8) is 0 Å². The zero-order valence-corrected chi connectivity index (χ0v) is 17.6. The number of ether oxygens (including phenoxy) is 1. The second kappa shape index (κ2) is 8.36. The average molecular weight is 433 g/mol. The Morgan fingerprint density at radius 2 is 2.06 bits per heavy atom. The molecule has 7 nitrogen and oxygen atoms in total. The van der Waals surface area contributed by atoms with E-state index in [1.54, 1.807) is 44.3 Å². The van der Waals surface area contributed by atoms with Gasteiger partial charge in [0.1, 0.15) is 11.3 Å². The lowest BCUT2D eigenvalue weighted by Gasteiger charge is -2.13. The van der Waals surface area contributed by atoms with E-state index in [4.69, 9.17) is 4.74 Å². The third kappa shape index (κ3) is 3.90. The number of fused-ring (bicyclic) bond motifs is 1. The second-order valence-electron chi connectivity index (χ2n) is 7.42. The van der Waals surface area contributed by atoms with E-state index in [0.717, 1.165) is 0 Å². The molecule has 1 fully saturated rings. The van der Waals surface area contributed by atoms with Crippen molar-refractivity contribution in [3.8, 4) is 23.2 Å². The van der Waals surface area contributed by atoms with Crippen LogP contribution in [0.15, 0.2) is 42.5 Å². The maximum absolute atomic E-state index is 14.5. The molecule has 0 aliphatic carbocycles. The molecule has 1 N–H and O–H groups in total. The molecular weight excluding hydrogens is 413 g/mol. The van der Waals surface area contributed by atoms with E-state index in [1.807, 2.05) is 0 Å². The van der Waals surface area contributed by atoms with Gasteiger partial charge in [-0.25, -0.2) is 19.2 Å². The Morgan fingerprint density at radius 3 is 2.78 bits per heavy atom. The summed E-state index contributed by atoms with van der Waals surface area (Å²) >= 11 is 0. The predicted octanol–water partition coefficient (Wildman–Crippen LogP) is 2.56. The molecule has 8 heteroatoms. The number of halogens is 1. The van der Waals surface area contributed by atoms with Gasteiger partial charge in [0.05, 0.1) is 6.61 Å². The molecule has 1 aromatic heterocycles. The number of carbonyl (C=O) groups is 2. The maximum atomic E-state index is 14.5. The summed E-state index contributed by atoms with van der Waals surface area (Å²) in [6.07, 6.45) is 0.227. The van der Waals surface area contributed by atoms with Crippen molar-refractivity contribution in [1.29, 1.82) is 0 Å². The molecule has 0 bridgehead atoms. The molecule has 3 aromatic rings. The smallest absolute Gasteiger partial charge is 0.357 e. The number of benzene rings is 2. The average Bonchev–Trinajstić information content (AvgIpc) is 3.05. The van der Waals surface area contributed by atoms with E-state index in [9.17, 15) is 19.1 Å². The number of likely N-dealkylation sites (tertiary alicyclic amines) is 1. The van der Waals surface area contributed by atoms with Gasteiger partial charge >= 0.3 is 5.97 Å². The molecule has 162 valence electrons. The molecule has 1 unspecified atom stereocenters. The molecule has 32 heavy (non-hydrogen) atoms. The molecule has 2 aromatic carbocycles. The summed E-state index contributed by atoms with van der Waals surface area (Å²) in [5.74, 6) is 3.92. The van der Waals surface area contributed by atoms with Crippen molar-refractivity contribution in [3.05, 3.63) is 59.5 Å². The highest BCUT2D eigenvalue weighted by atomic mass is 19.1. The minimum Gasteiger partial charge on any atom is -0.461 e. The molecule has 1 aliphatic rings. The van der Waals surface area contributed by atoms with Gasteiger partial charge in [0.15, 0.2) is 11.5 Å². The van der Waals surface area contributed by atoms with Crippen LogP contribution in [0, 0.1) is 17.7 Å². The normalized spacial score (nSPS) is 17.9. The molecule has 0 saturated carbocycles. The molecule has 1 amide bonds. The van der Waals surface area contributed by atoms with Crippen LogP contribution in [0.5, 0.6) is 0 Å². The van der Waals surface area contributed by atoms with Crippen molar-refractivity contribution in [2.45, 2.75) is 18.9 Å². The van der Waals surface area contributed by atoms with Gasteiger partial charge in [0.2, 0.25) is 5.60 Å². The van der Waals surface area contributed by atoms with Gasteiger partial charge in [0, 0.05) is 36.5 Å². The van der Waals surface area contributed by atoms with Crippen LogP contribution in [0.25, 0.3) is 22.3 Å². The lowest BCUT2D eigenvalue weighted by atomic mass is 10.0. The Balaban J connectivity index is 1.78. The quantitative estimate of drug-likeness (QED) is 0.504. The van der Waals surface area contributed by atoms with Crippen LogP contribution in [0.4, 0.5) is 4.39 Å². The summed E-state index contributed by atoms with van der Waals surface area (Å²) in [5.41, 5.74) is -0.741. The number of aromatic nitrogens is 2. The molecular formula is C24H20FN3O4. The van der Waals surface area contributed by atoms with Crippen LogP contribution in [0.1, 0.15) is 29.4 Å². The highest BCUT2D eigenvalue weighted by molar-refractivity contribution is 6.02. The molecule has 1 saturated heterocycles. The number of para-hydroxylation sites is 1. The van der Waals surface area contributed by atoms with Gasteiger partial charge in [0.25, 0.3) is 5.91 Å². The summed E-state index contributed by atoms with van der Waals surface area (Å²) in [5, 5.41) is 10.8. The number of likely N-dealkylation sites (N-methyl/N-ethyl adjacent to an activating group) is 1. The summed E-state index contributed by atoms with van der Waals surface area (Å²) < 4.78 is 19.5. The second-order valence-corrected chi connectivity index (χ2v) is 7.42. The predicted molar refractivity (Wildman–Crippen MR) is 115 cm³/mol. The number of rotatable bonds is 3. The van der Waals surface area contributed by atoms with Crippen molar-refractivity contribution in [1.82, 2.24) is 14.9 Å². The lowest BCUT2D eigenvalue weighted by Crippen LogP contribution is -2.37. The zero-order valence-electron chi connectivity index (χ0n) is 17.6. The number of hydrogen-bond donors (Lipinski definition) is 1. The Labute approximate surface area is 183 Å². The zero-order chi connectivity index (χ0) is 22.9. The fraction of sp³-hybridized carbons (Fsp3) is 0.250. The first-order valence-electron chi connectivity index (χ1n) is 10.1. The molecule has 2 heterocycles. The SMILES string of the molecule is CCOC(=O)c1nc(-c2cccc(C#CC3(O)CCN(C)C3=O)c2)nc2c(F)cccc12. The summed E-state index contributed by atoms with van der Waals surface area (Å²) in [4.78, 5) is 34.6. The minimum atomic E-state index is -1.72. The third-order valence-corrected chi connectivity index (χ3v) is 5.19. The van der Waals surface area contributed by atoms with E-state index in [-0.39, 0.29) is 35.4 Å². The molecule has 0 radical (unpaired) electrons. The summed E-state index contributed by atoms with van der Waals surface area (Å²) in [6.45, 7) is 2.25. The maximum Gasteiger partial charge on any atom is 0.357 e. The van der Waals surface area contributed by atoms with Gasteiger partial charge in [-0.2, -0.15) is 0 Å². The van der Waals surface area contributed by atoms with Gasteiger partial charge in [-0.15, -0.1) is 0 Å². The van der Waals surface area contributed by atoms with Crippen LogP contribution < -0.4 is 0 Å². The van der Waals surface area contributed by atoms with Gasteiger partial charge in [-0.05, 0) is 25.1 Å². The Morgan fingerprint density at radius 1 is 1.28 bits per heavy atom. The van der Waals surface area contributed by atoms with E-state index < -0.39 is 23.3 Å². The van der Waals surface area contributed by atoms with Gasteiger partial charge in [-0.3, -0.25) is 4.79 Å². The van der Waals surface area contributed by atoms with Crippen LogP contribution in [-0.2, 0) is 9.53 Å². The highest BCUT2D eigenvalue weighted by Gasteiger charge is 2.42. The number of esters is 1.